The molecule has 0 saturated heterocycles. The van der Waals surface area contributed by atoms with Gasteiger partial charge in [0.05, 0.1) is 5.44 Å². The molecule has 0 aliphatic heterocycles. The van der Waals surface area contributed by atoms with E-state index in [0.29, 0.717) is 19.1 Å². The van der Waals surface area contributed by atoms with E-state index in [-0.39, 0.29) is 5.44 Å². The van der Waals surface area contributed by atoms with Crippen molar-refractivity contribution < 1.29 is 13.3 Å². The van der Waals surface area contributed by atoms with Gasteiger partial charge in [-0.05, 0) is 26.7 Å². The van der Waals surface area contributed by atoms with Crippen LogP contribution < -0.4 is 0 Å². The predicted octanol–water partition coefficient (Wildman–Crippen LogP) is 4.59. The van der Waals surface area contributed by atoms with E-state index in [9.17, 15) is 0 Å². The van der Waals surface area contributed by atoms with Crippen molar-refractivity contribution >= 4 is 27.2 Å². The van der Waals surface area contributed by atoms with Crippen LogP contribution in [0.3, 0.4) is 0 Å². The molecule has 0 aliphatic rings. The van der Waals surface area contributed by atoms with Gasteiger partial charge in [-0.25, -0.2) is 0 Å². The molecule has 6 heteroatoms. The molecule has 0 bridgehead atoms. The molecule has 0 aromatic rings. The molecule has 0 aliphatic carbocycles. The Labute approximate surface area is 125 Å². The maximum atomic E-state index is 6.30. The van der Waals surface area contributed by atoms with Crippen LogP contribution in [-0.4, -0.2) is 34.7 Å². The Morgan fingerprint density at radius 3 is 1.74 bits per heavy atom. The first kappa shape index (κ1) is 19.7. The van der Waals surface area contributed by atoms with Gasteiger partial charge in [0.2, 0.25) is 0 Å². The fourth-order valence-electron chi connectivity index (χ4n) is 1.99. The molecule has 19 heavy (non-hydrogen) atoms. The van der Waals surface area contributed by atoms with Crippen LogP contribution in [0.25, 0.3) is 0 Å². The molecule has 0 spiro atoms. The van der Waals surface area contributed by atoms with Crippen LogP contribution in [0.15, 0.2) is 0 Å². The Morgan fingerprint density at radius 2 is 1.42 bits per heavy atom. The fraction of sp³-hybridized carbons (Fsp3) is 1.00. The molecular weight excluding hydrogens is 292 g/mol. The highest BCUT2D eigenvalue weighted by molar-refractivity contribution is 8.28. The lowest BCUT2D eigenvalue weighted by atomic mass is 10.3. The Morgan fingerprint density at radius 1 is 0.947 bits per heavy atom. The Kier molecular flexibility index (Phi) is 9.15. The summed E-state index contributed by atoms with van der Waals surface area (Å²) in [6, 6.07) is 0.894. The molecule has 1 unspecified atom stereocenters. The predicted molar refractivity (Wildman–Crippen MR) is 90.1 cm³/mol. The van der Waals surface area contributed by atoms with Crippen LogP contribution in [0.4, 0.5) is 0 Å². The molecule has 0 N–H and O–H groups in total. The Balaban J connectivity index is 4.79. The summed E-state index contributed by atoms with van der Waals surface area (Å²) in [5.74, 6) is 0.522. The molecule has 0 saturated carbocycles. The van der Waals surface area contributed by atoms with Crippen molar-refractivity contribution in [2.45, 2.75) is 65.7 Å². The molecule has 0 amide bonds. The third kappa shape index (κ3) is 9.26. The molecule has 0 fully saturated rings. The molecule has 0 aromatic carbocycles. The minimum Gasteiger partial charge on any atom is -0.374 e. The molecule has 0 rings (SSSR count). The van der Waals surface area contributed by atoms with Crippen molar-refractivity contribution in [3.05, 3.63) is 0 Å². The van der Waals surface area contributed by atoms with Gasteiger partial charge in [-0.3, -0.25) is 0 Å². The van der Waals surface area contributed by atoms with Gasteiger partial charge >= 0.3 is 8.80 Å². The second-order valence-corrected chi connectivity index (χ2v) is 18.2. The lowest BCUT2D eigenvalue weighted by molar-refractivity contribution is 0.0601. The first-order valence-corrected chi connectivity index (χ1v) is 14.3. The Hall–Kier alpha value is 0.664. The van der Waals surface area contributed by atoms with Crippen LogP contribution >= 0.6 is 11.2 Å². The first-order valence-electron chi connectivity index (χ1n) is 7.27. The van der Waals surface area contributed by atoms with Crippen molar-refractivity contribution in [2.24, 2.45) is 5.92 Å². The van der Waals surface area contributed by atoms with Gasteiger partial charge in [-0.2, -0.15) is 11.2 Å². The summed E-state index contributed by atoms with van der Waals surface area (Å²) in [7, 11) is -3.72. The smallest absolute Gasteiger partial charge is 0.374 e. The average molecular weight is 325 g/mol. The summed E-state index contributed by atoms with van der Waals surface area (Å²) in [6.45, 7) is 18.9. The van der Waals surface area contributed by atoms with Gasteiger partial charge in [-0.15, -0.1) is 0 Å². The van der Waals surface area contributed by atoms with Crippen molar-refractivity contribution in [1.29, 1.82) is 0 Å². The Bertz CT molecular complexity index is 239. The van der Waals surface area contributed by atoms with E-state index in [1.54, 1.807) is 0 Å². The SMILES string of the molecule is CCO[Si](CC(C)C)(OCC)OC(C)S[Si](C)(C)C. The highest BCUT2D eigenvalue weighted by atomic mass is 32.4. The topological polar surface area (TPSA) is 27.7 Å². The maximum Gasteiger partial charge on any atom is 0.502 e. The zero-order valence-corrected chi connectivity index (χ0v) is 16.7. The third-order valence-electron chi connectivity index (χ3n) is 2.25. The van der Waals surface area contributed by atoms with Crippen molar-refractivity contribution in [2.75, 3.05) is 13.2 Å². The maximum absolute atomic E-state index is 6.30. The average Bonchev–Trinajstić information content (AvgIpc) is 2.12. The normalized spacial score (nSPS) is 15.0. The summed E-state index contributed by atoms with van der Waals surface area (Å²) in [6.07, 6.45) is 0. The summed E-state index contributed by atoms with van der Waals surface area (Å²) in [5.41, 5.74) is 0.148. The van der Waals surface area contributed by atoms with E-state index >= 15 is 0 Å². The zero-order chi connectivity index (χ0) is 15.1. The largest absolute Gasteiger partial charge is 0.502 e. The van der Waals surface area contributed by atoms with Crippen LogP contribution in [-0.2, 0) is 13.3 Å². The highest BCUT2D eigenvalue weighted by Gasteiger charge is 2.43. The second kappa shape index (κ2) is 8.84. The van der Waals surface area contributed by atoms with E-state index in [1.165, 1.54) is 0 Å². The second-order valence-electron chi connectivity index (χ2n) is 6.06. The molecule has 1 atom stereocenters. The van der Waals surface area contributed by atoms with Crippen LogP contribution in [0.5, 0.6) is 0 Å². The molecular formula is C13H32O3SSi2. The van der Waals surface area contributed by atoms with Gasteiger partial charge in [0, 0.05) is 19.3 Å². The lowest BCUT2D eigenvalue weighted by Gasteiger charge is -2.34. The van der Waals surface area contributed by atoms with E-state index < -0.39 is 16.0 Å². The van der Waals surface area contributed by atoms with Gasteiger partial charge in [-0.1, -0.05) is 33.5 Å². The number of hydrogen-bond donors (Lipinski definition) is 0. The highest BCUT2D eigenvalue weighted by Crippen LogP contribution is 2.30. The zero-order valence-electron chi connectivity index (χ0n) is 13.9. The van der Waals surface area contributed by atoms with Gasteiger partial charge in [0.1, 0.15) is 7.22 Å². The van der Waals surface area contributed by atoms with Gasteiger partial charge in [0.15, 0.2) is 0 Å². The monoisotopic (exact) mass is 324 g/mol. The van der Waals surface area contributed by atoms with Gasteiger partial charge in [0.25, 0.3) is 0 Å². The standard InChI is InChI=1S/C13H32O3SSi2/c1-9-14-19(15-10-2,11-12(3)4)16-13(5)17-18(6,7)8/h12-13H,9-11H2,1-8H3. The van der Waals surface area contributed by atoms with Gasteiger partial charge < -0.3 is 13.3 Å². The minimum atomic E-state index is -2.52. The van der Waals surface area contributed by atoms with Crippen molar-refractivity contribution in [3.63, 3.8) is 0 Å². The number of rotatable bonds is 10. The van der Waals surface area contributed by atoms with E-state index in [4.69, 9.17) is 13.3 Å². The van der Waals surface area contributed by atoms with Crippen molar-refractivity contribution in [1.82, 2.24) is 0 Å². The van der Waals surface area contributed by atoms with E-state index in [1.807, 2.05) is 25.1 Å². The summed E-state index contributed by atoms with van der Waals surface area (Å²) >= 11 is 1.95. The summed E-state index contributed by atoms with van der Waals surface area (Å²) < 4.78 is 18.2. The molecule has 0 radical (unpaired) electrons. The van der Waals surface area contributed by atoms with Crippen LogP contribution in [0.2, 0.25) is 25.7 Å². The van der Waals surface area contributed by atoms with Crippen LogP contribution in [0.1, 0.15) is 34.6 Å². The molecule has 116 valence electrons. The molecule has 0 heterocycles. The van der Waals surface area contributed by atoms with E-state index in [0.717, 1.165) is 6.04 Å². The lowest BCUT2D eigenvalue weighted by Crippen LogP contribution is -2.49. The summed E-state index contributed by atoms with van der Waals surface area (Å²) in [5, 5.41) is 0. The first-order chi connectivity index (χ1) is 8.64. The van der Waals surface area contributed by atoms with Crippen LogP contribution in [0, 0.1) is 5.92 Å². The van der Waals surface area contributed by atoms with Crippen molar-refractivity contribution in [3.8, 4) is 0 Å². The third-order valence-corrected chi connectivity index (χ3v) is 10.2. The molecule has 3 nitrogen and oxygen atoms in total. The number of hydrogen-bond acceptors (Lipinski definition) is 4. The van der Waals surface area contributed by atoms with E-state index in [2.05, 4.69) is 40.4 Å². The quantitative estimate of drug-likeness (QED) is 0.434. The summed E-state index contributed by atoms with van der Waals surface area (Å²) in [4.78, 5) is 0. The minimum absolute atomic E-state index is 0.148. The molecule has 0 aromatic heterocycles. The fourth-order valence-corrected chi connectivity index (χ4v) is 9.98.